The highest BCUT2D eigenvalue weighted by Gasteiger charge is 2.26. The Bertz CT molecular complexity index is 572. The van der Waals surface area contributed by atoms with Gasteiger partial charge >= 0.3 is 0 Å². The molecule has 1 aliphatic heterocycles. The minimum Gasteiger partial charge on any atom is -0.483 e. The van der Waals surface area contributed by atoms with Crippen LogP contribution >= 0.6 is 0 Å². The third-order valence-corrected chi connectivity index (χ3v) is 3.05. The van der Waals surface area contributed by atoms with Gasteiger partial charge in [0.15, 0.2) is 12.4 Å². The SMILES string of the molecule is C=C(F)C(=O)N1CCCc2c(OCC(N)=O)cccc21. The monoisotopic (exact) mass is 278 g/mol. The molecule has 20 heavy (non-hydrogen) atoms. The van der Waals surface area contributed by atoms with E-state index in [2.05, 4.69) is 6.58 Å². The van der Waals surface area contributed by atoms with Crippen LogP contribution in [0.4, 0.5) is 10.1 Å². The number of hydrogen-bond donors (Lipinski definition) is 1. The third kappa shape index (κ3) is 2.79. The zero-order chi connectivity index (χ0) is 14.7. The highest BCUT2D eigenvalue weighted by atomic mass is 19.1. The van der Waals surface area contributed by atoms with Crippen molar-refractivity contribution in [1.29, 1.82) is 0 Å². The molecule has 0 bridgehead atoms. The Kier molecular flexibility index (Phi) is 4.02. The zero-order valence-electron chi connectivity index (χ0n) is 10.9. The molecule has 0 unspecified atom stereocenters. The van der Waals surface area contributed by atoms with Crippen LogP contribution in [0.1, 0.15) is 12.0 Å². The van der Waals surface area contributed by atoms with Crippen molar-refractivity contribution in [2.75, 3.05) is 18.1 Å². The molecular weight excluding hydrogens is 263 g/mol. The number of benzene rings is 1. The maximum absolute atomic E-state index is 13.0. The van der Waals surface area contributed by atoms with Crippen LogP contribution in [0.3, 0.4) is 0 Å². The van der Waals surface area contributed by atoms with Gasteiger partial charge in [0.05, 0.1) is 5.69 Å². The van der Waals surface area contributed by atoms with Crippen molar-refractivity contribution in [3.8, 4) is 5.75 Å². The first-order chi connectivity index (χ1) is 9.50. The molecule has 0 saturated heterocycles. The fourth-order valence-electron chi connectivity index (χ4n) is 2.23. The number of nitrogens with two attached hydrogens (primary N) is 1. The van der Waals surface area contributed by atoms with Gasteiger partial charge in [-0.2, -0.15) is 0 Å². The predicted octanol–water partition coefficient (Wildman–Crippen LogP) is 1.31. The first kappa shape index (κ1) is 14.0. The number of rotatable bonds is 4. The molecule has 0 aliphatic carbocycles. The lowest BCUT2D eigenvalue weighted by atomic mass is 10.0. The van der Waals surface area contributed by atoms with Crippen LogP contribution in [-0.4, -0.2) is 25.0 Å². The van der Waals surface area contributed by atoms with Crippen LogP contribution in [0.15, 0.2) is 30.6 Å². The summed E-state index contributed by atoms with van der Waals surface area (Å²) < 4.78 is 18.4. The highest BCUT2D eigenvalue weighted by Crippen LogP contribution is 2.34. The molecule has 1 aliphatic rings. The first-order valence-corrected chi connectivity index (χ1v) is 6.20. The average molecular weight is 278 g/mol. The number of ether oxygens (including phenoxy) is 1. The van der Waals surface area contributed by atoms with E-state index in [1.807, 2.05) is 0 Å². The summed E-state index contributed by atoms with van der Waals surface area (Å²) in [6.07, 6.45) is 1.37. The van der Waals surface area contributed by atoms with E-state index in [0.29, 0.717) is 30.8 Å². The summed E-state index contributed by atoms with van der Waals surface area (Å²) in [5, 5.41) is 0. The first-order valence-electron chi connectivity index (χ1n) is 6.20. The van der Waals surface area contributed by atoms with Crippen molar-refractivity contribution in [2.24, 2.45) is 5.73 Å². The molecule has 0 atom stereocenters. The molecule has 2 amide bonds. The number of anilines is 1. The fourth-order valence-corrected chi connectivity index (χ4v) is 2.23. The van der Waals surface area contributed by atoms with Crippen LogP contribution in [-0.2, 0) is 16.0 Å². The molecule has 5 nitrogen and oxygen atoms in total. The minimum atomic E-state index is -0.999. The van der Waals surface area contributed by atoms with E-state index in [9.17, 15) is 14.0 Å². The Labute approximate surface area is 115 Å². The number of hydrogen-bond acceptors (Lipinski definition) is 3. The molecule has 1 aromatic carbocycles. The van der Waals surface area contributed by atoms with Gasteiger partial charge in [-0.05, 0) is 25.0 Å². The zero-order valence-corrected chi connectivity index (χ0v) is 10.9. The summed E-state index contributed by atoms with van der Waals surface area (Å²) >= 11 is 0. The van der Waals surface area contributed by atoms with Crippen molar-refractivity contribution < 1.29 is 18.7 Å². The van der Waals surface area contributed by atoms with Crippen LogP contribution < -0.4 is 15.4 Å². The number of halogens is 1. The van der Waals surface area contributed by atoms with E-state index in [0.717, 1.165) is 5.56 Å². The average Bonchev–Trinajstić information content (AvgIpc) is 2.43. The van der Waals surface area contributed by atoms with E-state index in [1.54, 1.807) is 18.2 Å². The van der Waals surface area contributed by atoms with Crippen LogP contribution in [0.2, 0.25) is 0 Å². The maximum atomic E-state index is 13.0. The van der Waals surface area contributed by atoms with Crippen molar-refractivity contribution in [3.63, 3.8) is 0 Å². The highest BCUT2D eigenvalue weighted by molar-refractivity contribution is 6.04. The Balaban J connectivity index is 2.33. The largest absolute Gasteiger partial charge is 0.483 e. The summed E-state index contributed by atoms with van der Waals surface area (Å²) in [4.78, 5) is 23.9. The van der Waals surface area contributed by atoms with Gasteiger partial charge in [-0.15, -0.1) is 0 Å². The molecule has 6 heteroatoms. The number of amides is 2. The van der Waals surface area contributed by atoms with Gasteiger partial charge in [0.2, 0.25) is 0 Å². The van der Waals surface area contributed by atoms with Crippen LogP contribution in [0, 0.1) is 0 Å². The summed E-state index contributed by atoms with van der Waals surface area (Å²) in [5.41, 5.74) is 6.40. The van der Waals surface area contributed by atoms with E-state index in [1.165, 1.54) is 4.90 Å². The van der Waals surface area contributed by atoms with Gasteiger partial charge < -0.3 is 15.4 Å². The quantitative estimate of drug-likeness (QED) is 0.844. The van der Waals surface area contributed by atoms with Crippen molar-refractivity contribution in [3.05, 3.63) is 36.2 Å². The van der Waals surface area contributed by atoms with Crippen molar-refractivity contribution in [1.82, 2.24) is 0 Å². The Morgan fingerprint density at radius 2 is 2.20 bits per heavy atom. The number of carbonyl (C=O) groups is 2. The van der Waals surface area contributed by atoms with E-state index < -0.39 is 17.6 Å². The van der Waals surface area contributed by atoms with Crippen LogP contribution in [0.25, 0.3) is 0 Å². The van der Waals surface area contributed by atoms with E-state index in [-0.39, 0.29) is 6.61 Å². The summed E-state index contributed by atoms with van der Waals surface area (Å²) in [7, 11) is 0. The standard InChI is InChI=1S/C14H15FN2O3/c1-9(15)14(19)17-7-3-4-10-11(17)5-2-6-12(10)20-8-13(16)18/h2,5-6H,1,3-4,7-8H2,(H2,16,18). The maximum Gasteiger partial charge on any atom is 0.286 e. The number of nitrogens with zero attached hydrogens (tertiary/aromatic N) is 1. The van der Waals surface area contributed by atoms with E-state index >= 15 is 0 Å². The number of primary amides is 1. The smallest absolute Gasteiger partial charge is 0.286 e. The van der Waals surface area contributed by atoms with Crippen molar-refractivity contribution >= 4 is 17.5 Å². The topological polar surface area (TPSA) is 72.6 Å². The molecule has 0 spiro atoms. The number of fused-ring (bicyclic) bond motifs is 1. The van der Waals surface area contributed by atoms with Gasteiger partial charge in [0, 0.05) is 12.1 Å². The molecule has 2 N–H and O–H groups in total. The summed E-state index contributed by atoms with van der Waals surface area (Å²) in [6, 6.07) is 5.09. The molecule has 2 rings (SSSR count). The molecule has 1 aromatic rings. The van der Waals surface area contributed by atoms with Gasteiger partial charge in [-0.1, -0.05) is 12.6 Å². The predicted molar refractivity (Wildman–Crippen MR) is 72.1 cm³/mol. The second-order valence-electron chi connectivity index (χ2n) is 4.47. The Morgan fingerprint density at radius 3 is 2.85 bits per heavy atom. The van der Waals surface area contributed by atoms with Gasteiger partial charge in [0.25, 0.3) is 11.8 Å². The second kappa shape index (κ2) is 5.73. The van der Waals surface area contributed by atoms with Crippen LogP contribution in [0.5, 0.6) is 5.75 Å². The third-order valence-electron chi connectivity index (χ3n) is 3.05. The Hall–Kier alpha value is -2.37. The molecule has 0 radical (unpaired) electrons. The van der Waals surface area contributed by atoms with Gasteiger partial charge in [-0.3, -0.25) is 9.59 Å². The van der Waals surface area contributed by atoms with E-state index in [4.69, 9.17) is 10.5 Å². The lowest BCUT2D eigenvalue weighted by Crippen LogP contribution is -2.35. The summed E-state index contributed by atoms with van der Waals surface area (Å²) in [6.45, 7) is 3.22. The fraction of sp³-hybridized carbons (Fsp3) is 0.286. The molecular formula is C14H15FN2O3. The second-order valence-corrected chi connectivity index (χ2v) is 4.47. The molecule has 106 valence electrons. The lowest BCUT2D eigenvalue weighted by molar-refractivity contribution is -0.120. The van der Waals surface area contributed by atoms with Crippen molar-refractivity contribution in [2.45, 2.75) is 12.8 Å². The molecule has 1 heterocycles. The van der Waals surface area contributed by atoms with Gasteiger partial charge in [0.1, 0.15) is 5.75 Å². The molecule has 0 aromatic heterocycles. The lowest BCUT2D eigenvalue weighted by Gasteiger charge is -2.30. The normalized spacial score (nSPS) is 13.6. The molecule has 0 saturated carbocycles. The molecule has 0 fully saturated rings. The minimum absolute atomic E-state index is 0.236. The number of carbonyl (C=O) groups excluding carboxylic acids is 2. The van der Waals surface area contributed by atoms with Gasteiger partial charge in [-0.25, -0.2) is 4.39 Å². The Morgan fingerprint density at radius 1 is 1.45 bits per heavy atom. The summed E-state index contributed by atoms with van der Waals surface area (Å²) in [5.74, 6) is -1.84.